The fraction of sp³-hybridized carbons (Fsp3) is 0.0714. The number of benzene rings is 2. The molecule has 0 spiro atoms. The fourth-order valence-electron chi connectivity index (χ4n) is 1.69. The van der Waals surface area contributed by atoms with E-state index in [1.54, 1.807) is 6.92 Å². The molecule has 0 aromatic heterocycles. The van der Waals surface area contributed by atoms with Crippen molar-refractivity contribution in [3.63, 3.8) is 0 Å². The summed E-state index contributed by atoms with van der Waals surface area (Å²) < 4.78 is 13.2. The number of halogens is 4. The second-order valence-electron chi connectivity index (χ2n) is 4.04. The molecule has 0 saturated heterocycles. The Morgan fingerprint density at radius 2 is 1.63 bits per heavy atom. The van der Waals surface area contributed by atoms with Crippen LogP contribution in [0.4, 0.5) is 4.39 Å². The highest BCUT2D eigenvalue weighted by atomic mass is 35.5. The zero-order valence-corrected chi connectivity index (χ0v) is 12.1. The molecule has 0 N–H and O–H groups in total. The molecule has 0 amide bonds. The number of carbonyl (C=O) groups is 1. The Morgan fingerprint density at radius 3 is 2.16 bits per heavy atom. The summed E-state index contributed by atoms with van der Waals surface area (Å²) in [4.78, 5) is 12.3. The summed E-state index contributed by atoms with van der Waals surface area (Å²) in [6.45, 7) is 1.58. The average molecular weight is 318 g/mol. The molecule has 2 aromatic carbocycles. The lowest BCUT2D eigenvalue weighted by atomic mass is 10.0. The highest BCUT2D eigenvalue weighted by molar-refractivity contribution is 6.43. The topological polar surface area (TPSA) is 17.1 Å². The van der Waals surface area contributed by atoms with Crippen molar-refractivity contribution >= 4 is 40.6 Å². The van der Waals surface area contributed by atoms with Gasteiger partial charge in [0.25, 0.3) is 0 Å². The molecule has 0 radical (unpaired) electrons. The van der Waals surface area contributed by atoms with Gasteiger partial charge in [0, 0.05) is 10.6 Å². The van der Waals surface area contributed by atoms with Gasteiger partial charge in [-0.1, -0.05) is 34.8 Å². The van der Waals surface area contributed by atoms with Crippen molar-refractivity contribution < 1.29 is 9.18 Å². The first-order chi connectivity index (χ1) is 8.90. The van der Waals surface area contributed by atoms with Gasteiger partial charge in [0.15, 0.2) is 5.78 Å². The van der Waals surface area contributed by atoms with Gasteiger partial charge in [-0.05, 0) is 42.8 Å². The Bertz CT molecular complexity index is 645. The lowest BCUT2D eigenvalue weighted by Gasteiger charge is -2.08. The van der Waals surface area contributed by atoms with Crippen LogP contribution < -0.4 is 0 Å². The van der Waals surface area contributed by atoms with Gasteiger partial charge in [-0.15, -0.1) is 0 Å². The summed E-state index contributed by atoms with van der Waals surface area (Å²) in [6, 6.07) is 6.97. The van der Waals surface area contributed by atoms with E-state index in [1.807, 2.05) is 0 Å². The molecule has 0 aliphatic carbocycles. The first kappa shape index (κ1) is 14.3. The lowest BCUT2D eigenvalue weighted by Crippen LogP contribution is -2.04. The molecule has 5 heteroatoms. The van der Waals surface area contributed by atoms with Crippen LogP contribution in [0.15, 0.2) is 30.3 Å². The lowest BCUT2D eigenvalue weighted by molar-refractivity contribution is 0.103. The summed E-state index contributed by atoms with van der Waals surface area (Å²) in [7, 11) is 0. The first-order valence-corrected chi connectivity index (χ1v) is 6.49. The molecular weight excluding hydrogens is 310 g/mol. The average Bonchev–Trinajstić information content (AvgIpc) is 2.31. The van der Waals surface area contributed by atoms with E-state index in [4.69, 9.17) is 34.8 Å². The SMILES string of the molecule is Cc1cc(C(=O)c2c(Cl)cc(Cl)cc2Cl)ccc1F. The van der Waals surface area contributed by atoms with Gasteiger partial charge in [-0.25, -0.2) is 4.39 Å². The molecule has 0 aliphatic heterocycles. The quantitative estimate of drug-likeness (QED) is 0.685. The van der Waals surface area contributed by atoms with Crippen molar-refractivity contribution in [2.24, 2.45) is 0 Å². The van der Waals surface area contributed by atoms with Crippen LogP contribution in [0.25, 0.3) is 0 Å². The van der Waals surface area contributed by atoms with Gasteiger partial charge in [-0.3, -0.25) is 4.79 Å². The summed E-state index contributed by atoms with van der Waals surface area (Å²) >= 11 is 17.8. The van der Waals surface area contributed by atoms with E-state index in [9.17, 15) is 9.18 Å². The first-order valence-electron chi connectivity index (χ1n) is 5.35. The molecule has 0 bridgehead atoms. The van der Waals surface area contributed by atoms with E-state index in [0.717, 1.165) is 0 Å². The number of ketones is 1. The van der Waals surface area contributed by atoms with E-state index >= 15 is 0 Å². The Balaban J connectivity index is 2.53. The number of carbonyl (C=O) groups excluding carboxylic acids is 1. The van der Waals surface area contributed by atoms with Crippen molar-refractivity contribution in [1.82, 2.24) is 0 Å². The van der Waals surface area contributed by atoms with Crippen molar-refractivity contribution in [3.8, 4) is 0 Å². The van der Waals surface area contributed by atoms with E-state index in [0.29, 0.717) is 16.1 Å². The second-order valence-corrected chi connectivity index (χ2v) is 5.29. The normalized spacial score (nSPS) is 10.6. The Kier molecular flexibility index (Phi) is 4.14. The molecule has 0 fully saturated rings. The Morgan fingerprint density at radius 1 is 1.05 bits per heavy atom. The molecule has 0 unspecified atom stereocenters. The molecule has 0 aliphatic rings. The molecule has 1 nitrogen and oxygen atoms in total. The zero-order valence-electron chi connectivity index (χ0n) is 9.81. The van der Waals surface area contributed by atoms with E-state index in [1.165, 1.54) is 30.3 Å². The third-order valence-electron chi connectivity index (χ3n) is 2.65. The molecule has 0 saturated carbocycles. The predicted octanol–water partition coefficient (Wildman–Crippen LogP) is 5.33. The minimum absolute atomic E-state index is 0.166. The van der Waals surface area contributed by atoms with Gasteiger partial charge >= 0.3 is 0 Å². The fourth-order valence-corrected chi connectivity index (χ4v) is 2.68. The summed E-state index contributed by atoms with van der Waals surface area (Å²) in [6.07, 6.45) is 0. The van der Waals surface area contributed by atoms with Gasteiger partial charge in [-0.2, -0.15) is 0 Å². The summed E-state index contributed by atoms with van der Waals surface area (Å²) in [5.41, 5.74) is 0.871. The largest absolute Gasteiger partial charge is 0.288 e. The van der Waals surface area contributed by atoms with Crippen LogP contribution in [0.1, 0.15) is 21.5 Å². The molecule has 98 valence electrons. The van der Waals surface area contributed by atoms with Gasteiger partial charge in [0.05, 0.1) is 15.6 Å². The van der Waals surface area contributed by atoms with E-state index < -0.39 is 0 Å². The van der Waals surface area contributed by atoms with Crippen LogP contribution in [0.3, 0.4) is 0 Å². The van der Waals surface area contributed by atoms with Crippen molar-refractivity contribution in [2.45, 2.75) is 6.92 Å². The number of hydrogen-bond acceptors (Lipinski definition) is 1. The third kappa shape index (κ3) is 2.92. The van der Waals surface area contributed by atoms with Crippen LogP contribution in [-0.4, -0.2) is 5.78 Å². The van der Waals surface area contributed by atoms with E-state index in [-0.39, 0.29) is 27.2 Å². The highest BCUT2D eigenvalue weighted by Crippen LogP contribution is 2.31. The van der Waals surface area contributed by atoms with Gasteiger partial charge < -0.3 is 0 Å². The summed E-state index contributed by atoms with van der Waals surface area (Å²) in [5, 5.41) is 0.691. The maximum atomic E-state index is 13.2. The van der Waals surface area contributed by atoms with Gasteiger partial charge in [0.2, 0.25) is 0 Å². The predicted molar refractivity (Wildman–Crippen MR) is 76.0 cm³/mol. The van der Waals surface area contributed by atoms with Crippen LogP contribution in [0.5, 0.6) is 0 Å². The smallest absolute Gasteiger partial charge is 0.196 e. The maximum absolute atomic E-state index is 13.2. The van der Waals surface area contributed by atoms with Crippen molar-refractivity contribution in [3.05, 3.63) is 67.9 Å². The Hall–Kier alpha value is -1.09. The molecule has 0 atom stereocenters. The standard InChI is InChI=1S/C14H8Cl3FO/c1-7-4-8(2-3-12(7)18)14(19)13-10(16)5-9(15)6-11(13)17/h2-6H,1H3. The molecular formula is C14H8Cl3FO. The second kappa shape index (κ2) is 5.49. The maximum Gasteiger partial charge on any atom is 0.196 e. The van der Waals surface area contributed by atoms with Crippen LogP contribution in [0, 0.1) is 12.7 Å². The molecule has 0 heterocycles. The van der Waals surface area contributed by atoms with E-state index in [2.05, 4.69) is 0 Å². The van der Waals surface area contributed by atoms with Crippen LogP contribution >= 0.6 is 34.8 Å². The van der Waals surface area contributed by atoms with Crippen LogP contribution in [0.2, 0.25) is 15.1 Å². The summed E-state index contributed by atoms with van der Waals surface area (Å²) in [5.74, 6) is -0.736. The Labute approximate surface area is 124 Å². The van der Waals surface area contributed by atoms with Crippen LogP contribution in [-0.2, 0) is 0 Å². The number of aryl methyl sites for hydroxylation is 1. The number of rotatable bonds is 2. The molecule has 19 heavy (non-hydrogen) atoms. The zero-order chi connectivity index (χ0) is 14.2. The van der Waals surface area contributed by atoms with Crippen molar-refractivity contribution in [1.29, 1.82) is 0 Å². The molecule has 2 aromatic rings. The minimum Gasteiger partial charge on any atom is -0.288 e. The van der Waals surface area contributed by atoms with Crippen molar-refractivity contribution in [2.75, 3.05) is 0 Å². The third-order valence-corrected chi connectivity index (χ3v) is 3.47. The minimum atomic E-state index is -0.371. The molecule has 2 rings (SSSR count). The monoisotopic (exact) mass is 316 g/mol. The van der Waals surface area contributed by atoms with Gasteiger partial charge in [0.1, 0.15) is 5.82 Å². The highest BCUT2D eigenvalue weighted by Gasteiger charge is 2.18. The number of hydrogen-bond donors (Lipinski definition) is 0.